The third-order valence-electron chi connectivity index (χ3n) is 6.11. The van der Waals surface area contributed by atoms with Crippen molar-refractivity contribution in [2.24, 2.45) is 7.05 Å². The van der Waals surface area contributed by atoms with E-state index in [0.717, 1.165) is 20.0 Å². The number of nitriles is 1. The van der Waals surface area contributed by atoms with Crippen LogP contribution in [0.4, 0.5) is 0 Å². The maximum atomic E-state index is 12.9. The van der Waals surface area contributed by atoms with Gasteiger partial charge in [0.1, 0.15) is 11.6 Å². The van der Waals surface area contributed by atoms with E-state index in [0.29, 0.717) is 11.1 Å². The molecule has 2 aromatic heterocycles. The molecule has 1 aromatic carbocycles. The van der Waals surface area contributed by atoms with Crippen molar-refractivity contribution >= 4 is 39.4 Å². The monoisotopic (exact) mass is 443 g/mol. The molecular formula is C26H25N3O2S. The van der Waals surface area contributed by atoms with E-state index in [9.17, 15) is 14.9 Å². The summed E-state index contributed by atoms with van der Waals surface area (Å²) in [4.78, 5) is 27.3. The van der Waals surface area contributed by atoms with Gasteiger partial charge in [0.05, 0.1) is 15.9 Å². The van der Waals surface area contributed by atoms with E-state index in [2.05, 4.69) is 56.7 Å². The van der Waals surface area contributed by atoms with Crippen LogP contribution in [0.1, 0.15) is 35.4 Å². The summed E-state index contributed by atoms with van der Waals surface area (Å²) in [6.45, 7) is 10.0. The first-order chi connectivity index (χ1) is 15.2. The Bertz CT molecular complexity index is 1390. The van der Waals surface area contributed by atoms with Crippen LogP contribution in [0.2, 0.25) is 0 Å². The van der Waals surface area contributed by atoms with Crippen molar-refractivity contribution in [2.75, 3.05) is 6.54 Å². The van der Waals surface area contributed by atoms with Crippen LogP contribution in [-0.4, -0.2) is 27.8 Å². The first-order valence-electron chi connectivity index (χ1n) is 10.5. The van der Waals surface area contributed by atoms with Gasteiger partial charge in [0.2, 0.25) is 0 Å². The number of carbonyl (C=O) groups excluding carboxylic acids is 2. The first kappa shape index (κ1) is 21.8. The van der Waals surface area contributed by atoms with Crippen molar-refractivity contribution in [1.29, 1.82) is 5.26 Å². The van der Waals surface area contributed by atoms with Crippen LogP contribution in [0.5, 0.6) is 0 Å². The molecule has 1 aliphatic rings. The number of fused-ring (bicyclic) bond motifs is 1. The predicted octanol–water partition coefficient (Wildman–Crippen LogP) is 5.44. The van der Waals surface area contributed by atoms with E-state index in [1.54, 1.807) is 31.3 Å². The van der Waals surface area contributed by atoms with Crippen LogP contribution in [-0.2, 0) is 16.6 Å². The summed E-state index contributed by atoms with van der Waals surface area (Å²) in [6.07, 6.45) is 1.80. The molecule has 32 heavy (non-hydrogen) atoms. The molecule has 0 spiro atoms. The average Bonchev–Trinajstić information content (AvgIpc) is 3.24. The summed E-state index contributed by atoms with van der Waals surface area (Å²) in [5, 5.41) is 9.44. The van der Waals surface area contributed by atoms with Crippen LogP contribution in [0.25, 0.3) is 27.6 Å². The number of thiophene rings is 1. The highest BCUT2D eigenvalue weighted by Gasteiger charge is 2.34. The number of imide groups is 1. The van der Waals surface area contributed by atoms with E-state index in [1.165, 1.54) is 27.9 Å². The van der Waals surface area contributed by atoms with Gasteiger partial charge < -0.3 is 4.57 Å². The molecule has 6 heteroatoms. The molecule has 0 aliphatic carbocycles. The minimum atomic E-state index is -0.514. The predicted molar refractivity (Wildman–Crippen MR) is 129 cm³/mol. The fraction of sp³-hybridized carbons (Fsp3) is 0.269. The number of rotatable bonds is 3. The largest absolute Gasteiger partial charge is 0.343 e. The minimum Gasteiger partial charge on any atom is -0.343 e. The van der Waals surface area contributed by atoms with Gasteiger partial charge in [-0.25, -0.2) is 0 Å². The first-order valence-corrected chi connectivity index (χ1v) is 11.4. The second kappa shape index (κ2) is 7.92. The van der Waals surface area contributed by atoms with Gasteiger partial charge in [-0.1, -0.05) is 17.7 Å². The fourth-order valence-electron chi connectivity index (χ4n) is 4.59. The number of hydrogen-bond acceptors (Lipinski definition) is 4. The summed E-state index contributed by atoms with van der Waals surface area (Å²) in [5.41, 5.74) is 8.14. The Labute approximate surface area is 191 Å². The molecule has 5 nitrogen and oxygen atoms in total. The lowest BCUT2D eigenvalue weighted by molar-refractivity contribution is -0.140. The second-order valence-corrected chi connectivity index (χ2v) is 9.40. The fourth-order valence-corrected chi connectivity index (χ4v) is 5.66. The zero-order valence-corrected chi connectivity index (χ0v) is 20.0. The molecule has 4 rings (SSSR count). The van der Waals surface area contributed by atoms with Gasteiger partial charge in [-0.2, -0.15) is 5.26 Å². The SMILES string of the molecule is CCN1C(=O)C(C#N)=C(C)/C(=C/c2cc3c(cc(-c4c(C)cc(C)cc4C)n3C)s2)C1=O. The average molecular weight is 444 g/mol. The van der Waals surface area contributed by atoms with E-state index >= 15 is 0 Å². The number of aromatic nitrogens is 1. The highest BCUT2D eigenvalue weighted by Crippen LogP contribution is 2.37. The van der Waals surface area contributed by atoms with Gasteiger partial charge >= 0.3 is 0 Å². The molecule has 1 aliphatic heterocycles. The molecule has 0 unspecified atom stereocenters. The molecule has 0 fully saturated rings. The topological polar surface area (TPSA) is 66.1 Å². The number of aryl methyl sites for hydroxylation is 4. The van der Waals surface area contributed by atoms with Gasteiger partial charge in [0.25, 0.3) is 11.8 Å². The number of benzene rings is 1. The number of amides is 2. The van der Waals surface area contributed by atoms with Crippen LogP contribution < -0.4 is 0 Å². The van der Waals surface area contributed by atoms with Gasteiger partial charge in [0, 0.05) is 29.6 Å². The maximum absolute atomic E-state index is 12.9. The number of likely N-dealkylation sites (N-methyl/N-ethyl adjacent to an activating group) is 1. The van der Waals surface area contributed by atoms with E-state index in [4.69, 9.17) is 0 Å². The number of nitrogens with zero attached hydrogens (tertiary/aromatic N) is 3. The van der Waals surface area contributed by atoms with Crippen molar-refractivity contribution in [3.8, 4) is 17.3 Å². The molecule has 0 N–H and O–H groups in total. The van der Waals surface area contributed by atoms with Crippen LogP contribution >= 0.6 is 11.3 Å². The van der Waals surface area contributed by atoms with Crippen molar-refractivity contribution in [2.45, 2.75) is 34.6 Å². The van der Waals surface area contributed by atoms with Crippen LogP contribution in [0.3, 0.4) is 0 Å². The van der Waals surface area contributed by atoms with Gasteiger partial charge in [-0.3, -0.25) is 14.5 Å². The van der Waals surface area contributed by atoms with Crippen LogP contribution in [0.15, 0.2) is 41.0 Å². The Morgan fingerprint density at radius 3 is 2.25 bits per heavy atom. The molecule has 0 bridgehead atoms. The number of hydrogen-bond donors (Lipinski definition) is 0. The molecule has 2 amide bonds. The third kappa shape index (κ3) is 3.30. The summed E-state index contributed by atoms with van der Waals surface area (Å²) in [7, 11) is 2.06. The lowest BCUT2D eigenvalue weighted by atomic mass is 9.95. The molecule has 3 heterocycles. The third-order valence-corrected chi connectivity index (χ3v) is 7.13. The standard InChI is InChI=1S/C26H25N3O2S/c1-7-29-25(30)19(17(5)20(13-27)26(29)31)10-18-11-21-23(32-18)12-22(28(21)6)24-15(3)8-14(2)9-16(24)4/h8-12H,7H2,1-6H3/b19-10-. The Balaban J connectivity index is 1.82. The summed E-state index contributed by atoms with van der Waals surface area (Å²) in [6, 6.07) is 10.6. The second-order valence-electron chi connectivity index (χ2n) is 8.28. The normalized spacial score (nSPS) is 15.9. The Morgan fingerprint density at radius 2 is 1.69 bits per heavy atom. The van der Waals surface area contributed by atoms with Gasteiger partial charge in [-0.15, -0.1) is 11.3 Å². The Morgan fingerprint density at radius 1 is 1.03 bits per heavy atom. The van der Waals surface area contributed by atoms with E-state index < -0.39 is 5.91 Å². The smallest absolute Gasteiger partial charge is 0.271 e. The summed E-state index contributed by atoms with van der Waals surface area (Å²) >= 11 is 1.60. The van der Waals surface area contributed by atoms with Gasteiger partial charge in [-0.05, 0) is 69.5 Å². The van der Waals surface area contributed by atoms with E-state index in [1.807, 2.05) is 6.07 Å². The lowest BCUT2D eigenvalue weighted by Gasteiger charge is -2.26. The molecule has 0 atom stereocenters. The molecule has 0 saturated carbocycles. The molecule has 162 valence electrons. The van der Waals surface area contributed by atoms with Crippen molar-refractivity contribution in [3.05, 3.63) is 62.6 Å². The highest BCUT2D eigenvalue weighted by atomic mass is 32.1. The number of carbonyl (C=O) groups is 2. The van der Waals surface area contributed by atoms with Crippen molar-refractivity contribution in [1.82, 2.24) is 9.47 Å². The quantitative estimate of drug-likeness (QED) is 0.400. The molecule has 3 aromatic rings. The Kier molecular flexibility index (Phi) is 5.39. The van der Waals surface area contributed by atoms with Crippen LogP contribution in [0, 0.1) is 32.1 Å². The minimum absolute atomic E-state index is 0.0337. The Hall–Kier alpha value is -3.43. The van der Waals surface area contributed by atoms with Crippen molar-refractivity contribution in [3.63, 3.8) is 0 Å². The lowest BCUT2D eigenvalue weighted by Crippen LogP contribution is -2.42. The van der Waals surface area contributed by atoms with Crippen molar-refractivity contribution < 1.29 is 9.59 Å². The zero-order chi connectivity index (χ0) is 23.3. The summed E-state index contributed by atoms with van der Waals surface area (Å²) in [5.74, 6) is -0.863. The zero-order valence-electron chi connectivity index (χ0n) is 19.2. The maximum Gasteiger partial charge on any atom is 0.271 e. The molecular weight excluding hydrogens is 418 g/mol. The summed E-state index contributed by atoms with van der Waals surface area (Å²) < 4.78 is 3.31. The molecule has 0 saturated heterocycles. The van der Waals surface area contributed by atoms with E-state index in [-0.39, 0.29) is 18.0 Å². The van der Waals surface area contributed by atoms with Gasteiger partial charge in [0.15, 0.2) is 0 Å². The molecule has 0 radical (unpaired) electrons. The highest BCUT2D eigenvalue weighted by molar-refractivity contribution is 7.19.